The van der Waals surface area contributed by atoms with Crippen molar-refractivity contribution in [2.24, 2.45) is 5.10 Å². The summed E-state index contributed by atoms with van der Waals surface area (Å²) in [5.74, 6) is -1.19. The van der Waals surface area contributed by atoms with Crippen molar-refractivity contribution in [3.8, 4) is 12.1 Å². The third-order valence-corrected chi connectivity index (χ3v) is 10.5. The first kappa shape index (κ1) is 36.3. The van der Waals surface area contributed by atoms with Crippen LogP contribution in [0.1, 0.15) is 23.6 Å². The molecule has 0 unspecified atom stereocenters. The number of amides is 2. The van der Waals surface area contributed by atoms with Gasteiger partial charge in [0, 0.05) is 27.9 Å². The average Bonchev–Trinajstić information content (AvgIpc) is 3.88. The van der Waals surface area contributed by atoms with Gasteiger partial charge in [-0.1, -0.05) is 133 Å². The largest absolute Gasteiger partial charge is 0.321 e. The molecule has 7 rings (SSSR count). The molecule has 55 heavy (non-hydrogen) atoms. The van der Waals surface area contributed by atoms with E-state index in [-0.39, 0.29) is 11.1 Å². The first-order valence-electron chi connectivity index (χ1n) is 17.1. The third kappa shape index (κ3) is 7.85. The number of rotatable bonds is 9. The van der Waals surface area contributed by atoms with Crippen molar-refractivity contribution < 1.29 is 9.59 Å². The van der Waals surface area contributed by atoms with Crippen LogP contribution >= 0.6 is 23.5 Å². The minimum absolute atomic E-state index is 0.0275. The average molecular weight is 754 g/mol. The second kappa shape index (κ2) is 16.7. The maximum Gasteiger partial charge on any atom is 0.284 e. The predicted octanol–water partition coefficient (Wildman–Crippen LogP) is 9.44. The topological polar surface area (TPSA) is 125 Å². The van der Waals surface area contributed by atoms with Crippen LogP contribution in [-0.2, 0) is 9.59 Å². The number of carbonyl (C=O) groups excluding carboxylic acids is 2. The zero-order chi connectivity index (χ0) is 38.1. The molecule has 9 nitrogen and oxygen atoms in total. The van der Waals surface area contributed by atoms with Gasteiger partial charge in [0.2, 0.25) is 0 Å². The first-order valence-corrected chi connectivity index (χ1v) is 18.8. The number of nitrogens with one attached hydrogen (secondary N) is 2. The Kier molecular flexibility index (Phi) is 11.1. The molecule has 0 radical (unpaired) electrons. The fourth-order valence-electron chi connectivity index (χ4n) is 5.91. The van der Waals surface area contributed by atoms with Gasteiger partial charge in [0.05, 0.1) is 17.1 Å². The quantitative estimate of drug-likeness (QED) is 0.0661. The molecule has 266 valence electrons. The van der Waals surface area contributed by atoms with Crippen molar-refractivity contribution in [3.05, 3.63) is 194 Å². The van der Waals surface area contributed by atoms with Crippen molar-refractivity contribution in [2.75, 3.05) is 15.1 Å². The summed E-state index contributed by atoms with van der Waals surface area (Å²) in [7, 11) is 0. The molecular formula is C44H31N7O2S2. The predicted molar refractivity (Wildman–Crippen MR) is 223 cm³/mol. The molecule has 0 spiro atoms. The van der Waals surface area contributed by atoms with Crippen LogP contribution in [0.25, 0.3) is 11.4 Å². The molecule has 0 bridgehead atoms. The van der Waals surface area contributed by atoms with Crippen molar-refractivity contribution in [1.82, 2.24) is 5.43 Å². The van der Waals surface area contributed by atoms with Crippen LogP contribution in [0.5, 0.6) is 0 Å². The van der Waals surface area contributed by atoms with Crippen molar-refractivity contribution in [1.29, 1.82) is 10.5 Å². The third-order valence-electron chi connectivity index (χ3n) is 8.61. The van der Waals surface area contributed by atoms with Crippen molar-refractivity contribution >= 4 is 69.5 Å². The maximum absolute atomic E-state index is 13.6. The lowest BCUT2D eigenvalue weighted by Crippen LogP contribution is -2.25. The molecule has 2 aliphatic heterocycles. The van der Waals surface area contributed by atoms with Crippen LogP contribution in [0.15, 0.2) is 183 Å². The van der Waals surface area contributed by atoms with E-state index in [0.717, 1.165) is 33.9 Å². The lowest BCUT2D eigenvalue weighted by atomic mass is 10.1. The highest BCUT2D eigenvalue weighted by molar-refractivity contribution is 8.06. The number of nitriles is 2. The Morgan fingerprint density at radius 3 is 1.44 bits per heavy atom. The van der Waals surface area contributed by atoms with E-state index in [9.17, 15) is 20.1 Å². The van der Waals surface area contributed by atoms with E-state index in [0.29, 0.717) is 27.0 Å². The van der Waals surface area contributed by atoms with Gasteiger partial charge >= 0.3 is 0 Å². The monoisotopic (exact) mass is 753 g/mol. The van der Waals surface area contributed by atoms with Gasteiger partial charge in [-0.05, 0) is 60.0 Å². The van der Waals surface area contributed by atoms with Gasteiger partial charge in [0.25, 0.3) is 11.8 Å². The first-order chi connectivity index (χ1) is 27.0. The number of carbonyl (C=O) groups is 2. The summed E-state index contributed by atoms with van der Waals surface area (Å²) in [6, 6.07) is 49.9. The smallest absolute Gasteiger partial charge is 0.284 e. The molecule has 0 aromatic heterocycles. The van der Waals surface area contributed by atoms with Crippen LogP contribution in [-0.4, -0.2) is 17.5 Å². The van der Waals surface area contributed by atoms with Crippen molar-refractivity contribution in [2.45, 2.75) is 6.92 Å². The Balaban J connectivity index is 1.07. The van der Waals surface area contributed by atoms with Crippen molar-refractivity contribution in [3.63, 3.8) is 0 Å². The summed E-state index contributed by atoms with van der Waals surface area (Å²) >= 11 is 2.63. The van der Waals surface area contributed by atoms with E-state index in [1.807, 2.05) is 142 Å². The van der Waals surface area contributed by atoms with E-state index in [1.54, 1.807) is 31.2 Å². The van der Waals surface area contributed by atoms with E-state index in [4.69, 9.17) is 0 Å². The summed E-state index contributed by atoms with van der Waals surface area (Å²) in [5.41, 5.74) is 9.33. The van der Waals surface area contributed by atoms with Gasteiger partial charge in [-0.3, -0.25) is 9.59 Å². The Labute approximate surface area is 327 Å². The van der Waals surface area contributed by atoms with Crippen LogP contribution in [0.3, 0.4) is 0 Å². The molecule has 5 aromatic carbocycles. The normalized spacial score (nSPS) is 15.7. The van der Waals surface area contributed by atoms with Crippen LogP contribution in [0.4, 0.5) is 17.1 Å². The minimum atomic E-state index is -0.645. The molecule has 0 saturated heterocycles. The number of anilines is 3. The van der Waals surface area contributed by atoms with E-state index < -0.39 is 11.8 Å². The standard InChI is InChI=1S/C44H31N7O2S2/c1-30(48-49-42(53)38(27-46)44-51(36-20-12-5-13-21-36)40(29-55-44)33-16-8-3-9-17-33)31-22-24-34(25-23-31)47-41(52)37(26-45)43-50(35-18-10-4-11-19-35)39(28-54-43)32-14-6-2-7-15-32/h2-25,28-29H,1H3,(H,47,52)(H,49,53)/b43-37-,44-38-,48-30+. The van der Waals surface area contributed by atoms with E-state index >= 15 is 0 Å². The van der Waals surface area contributed by atoms with Gasteiger partial charge in [0.1, 0.15) is 33.3 Å². The second-order valence-corrected chi connectivity index (χ2v) is 13.8. The Morgan fingerprint density at radius 2 is 1.00 bits per heavy atom. The van der Waals surface area contributed by atoms with Gasteiger partial charge in [0.15, 0.2) is 0 Å². The minimum Gasteiger partial charge on any atom is -0.321 e. The van der Waals surface area contributed by atoms with Gasteiger partial charge in [-0.15, -0.1) is 0 Å². The zero-order valence-electron chi connectivity index (χ0n) is 29.4. The highest BCUT2D eigenvalue weighted by atomic mass is 32.2. The SMILES string of the molecule is C/C(=N\NC(=O)/C(C#N)=C1\SC=C(c2ccccc2)N1c1ccccc1)c1ccc(NC(=O)/C(C#N)=C2\SC=C(c3ccccc3)N2c2ccccc2)cc1. The van der Waals surface area contributed by atoms with Crippen LogP contribution in [0.2, 0.25) is 0 Å². The molecule has 11 heteroatoms. The van der Waals surface area contributed by atoms with E-state index in [1.165, 1.54) is 23.5 Å². The number of thioether (sulfide) groups is 2. The molecule has 0 atom stereocenters. The zero-order valence-corrected chi connectivity index (χ0v) is 31.0. The summed E-state index contributed by atoms with van der Waals surface area (Å²) in [5, 5.41) is 32.4. The molecule has 2 heterocycles. The number of benzene rings is 5. The Hall–Kier alpha value is -7.05. The highest BCUT2D eigenvalue weighted by Gasteiger charge is 2.31. The maximum atomic E-state index is 13.6. The summed E-state index contributed by atoms with van der Waals surface area (Å²) in [6.45, 7) is 1.73. The fraction of sp³-hybridized carbons (Fsp3) is 0.0227. The molecular weight excluding hydrogens is 723 g/mol. The Morgan fingerprint density at radius 1 is 0.582 bits per heavy atom. The molecule has 0 saturated carbocycles. The highest BCUT2D eigenvalue weighted by Crippen LogP contribution is 2.45. The second-order valence-electron chi connectivity index (χ2n) is 12.1. The molecule has 0 aliphatic carbocycles. The Bertz CT molecular complexity index is 2480. The summed E-state index contributed by atoms with van der Waals surface area (Å²) < 4.78 is 0. The fourth-order valence-corrected chi connectivity index (χ4v) is 7.97. The van der Waals surface area contributed by atoms with Gasteiger partial charge in [-0.2, -0.15) is 15.6 Å². The number of para-hydroxylation sites is 2. The summed E-state index contributed by atoms with van der Waals surface area (Å²) in [4.78, 5) is 30.9. The molecule has 2 N–H and O–H groups in total. The lowest BCUT2D eigenvalue weighted by molar-refractivity contribution is -0.117. The van der Waals surface area contributed by atoms with Gasteiger partial charge < -0.3 is 15.1 Å². The van der Waals surface area contributed by atoms with E-state index in [2.05, 4.69) is 28.0 Å². The lowest BCUT2D eigenvalue weighted by Gasteiger charge is -2.24. The molecule has 2 aliphatic rings. The number of hydrazone groups is 1. The molecule has 5 aromatic rings. The number of hydrogen-bond acceptors (Lipinski definition) is 9. The molecule has 0 fully saturated rings. The van der Waals surface area contributed by atoms with Crippen LogP contribution in [0, 0.1) is 22.7 Å². The summed E-state index contributed by atoms with van der Waals surface area (Å²) in [6.07, 6.45) is 0. The van der Waals surface area contributed by atoms with Gasteiger partial charge in [-0.25, -0.2) is 5.43 Å². The number of hydrogen-bond donors (Lipinski definition) is 2. The number of nitrogens with zero attached hydrogens (tertiary/aromatic N) is 5. The molecule has 2 amide bonds. The van der Waals surface area contributed by atoms with Crippen LogP contribution < -0.4 is 20.5 Å².